The fourth-order valence-corrected chi connectivity index (χ4v) is 2.37. The summed E-state index contributed by atoms with van der Waals surface area (Å²) in [5.74, 6) is 0. The molecular weight excluding hydrogens is 212 g/mol. The molecule has 0 saturated carbocycles. The molecule has 1 aromatic carbocycles. The Hall–Kier alpha value is -1.36. The summed E-state index contributed by atoms with van der Waals surface area (Å²) >= 11 is 0. The molecule has 0 radical (unpaired) electrons. The van der Waals surface area contributed by atoms with Crippen LogP contribution in [0.4, 0.5) is 0 Å². The van der Waals surface area contributed by atoms with E-state index in [1.54, 1.807) is 32.2 Å². The molecule has 0 saturated heterocycles. The van der Waals surface area contributed by atoms with E-state index < -0.39 is 15.3 Å². The zero-order valence-electron chi connectivity index (χ0n) is 8.58. The van der Waals surface area contributed by atoms with Crippen LogP contribution in [-0.4, -0.2) is 22.9 Å². The Bertz CT molecular complexity index is 584. The molecule has 2 rings (SSSR count). The molecule has 0 unspecified atom stereocenters. The van der Waals surface area contributed by atoms with Crippen molar-refractivity contribution >= 4 is 20.9 Å². The van der Waals surface area contributed by atoms with Crippen LogP contribution < -0.4 is 0 Å². The van der Waals surface area contributed by atoms with Crippen molar-refractivity contribution in [1.29, 1.82) is 0 Å². The number of rotatable bonds is 2. The fraction of sp³-hybridized carbons (Fsp3) is 0.300. The van der Waals surface area contributed by atoms with Crippen molar-refractivity contribution < 1.29 is 8.42 Å². The molecule has 0 aliphatic heterocycles. The topological polar surface area (TPSA) is 52.0 Å². The third kappa shape index (κ3) is 1.52. The summed E-state index contributed by atoms with van der Waals surface area (Å²) in [6.45, 7) is 3.29. The maximum Gasteiger partial charge on any atom is 0.256 e. The summed E-state index contributed by atoms with van der Waals surface area (Å²) in [5.41, 5.74) is 0.631. The molecule has 0 aliphatic carbocycles. The van der Waals surface area contributed by atoms with Crippen molar-refractivity contribution in [2.75, 3.05) is 0 Å². The Morgan fingerprint density at radius 1 is 1.27 bits per heavy atom. The molecule has 0 amide bonds. The van der Waals surface area contributed by atoms with Crippen molar-refractivity contribution in [1.82, 2.24) is 9.19 Å². The molecule has 0 N–H and O–H groups in total. The number of fused-ring (bicyclic) bond motifs is 1. The molecule has 0 aliphatic rings. The average molecular weight is 224 g/mol. The Balaban J connectivity index is 2.74. The van der Waals surface area contributed by atoms with E-state index in [-0.39, 0.29) is 0 Å². The standard InChI is InChI=1S/C10H12N2O2S/c1-8(2)15(13,14)12-10-6-4-3-5-9(10)7-11-12/h3-8H,1-2H3. The van der Waals surface area contributed by atoms with E-state index in [0.717, 1.165) is 9.47 Å². The van der Waals surface area contributed by atoms with E-state index >= 15 is 0 Å². The monoisotopic (exact) mass is 224 g/mol. The van der Waals surface area contributed by atoms with Gasteiger partial charge in [-0.25, -0.2) is 8.42 Å². The van der Waals surface area contributed by atoms with Crippen LogP contribution in [0.2, 0.25) is 0 Å². The van der Waals surface area contributed by atoms with Gasteiger partial charge in [0.05, 0.1) is 17.0 Å². The molecule has 80 valence electrons. The highest BCUT2D eigenvalue weighted by Crippen LogP contribution is 2.16. The van der Waals surface area contributed by atoms with Gasteiger partial charge >= 0.3 is 0 Å². The molecular formula is C10H12N2O2S. The van der Waals surface area contributed by atoms with E-state index in [1.165, 1.54) is 0 Å². The molecule has 4 nitrogen and oxygen atoms in total. The minimum absolute atomic E-state index is 0.471. The summed E-state index contributed by atoms with van der Waals surface area (Å²) in [4.78, 5) is 0. The highest BCUT2D eigenvalue weighted by molar-refractivity contribution is 7.90. The maximum atomic E-state index is 11.9. The van der Waals surface area contributed by atoms with Crippen molar-refractivity contribution in [2.45, 2.75) is 19.1 Å². The molecule has 0 spiro atoms. The molecule has 2 aromatic rings. The lowest BCUT2D eigenvalue weighted by atomic mass is 10.3. The van der Waals surface area contributed by atoms with Crippen LogP contribution in [0.5, 0.6) is 0 Å². The lowest BCUT2D eigenvalue weighted by Crippen LogP contribution is -2.23. The largest absolute Gasteiger partial charge is 0.256 e. The van der Waals surface area contributed by atoms with Gasteiger partial charge in [0.2, 0.25) is 0 Å². The lowest BCUT2D eigenvalue weighted by Gasteiger charge is -2.08. The number of benzene rings is 1. The van der Waals surface area contributed by atoms with Gasteiger partial charge in [0.1, 0.15) is 0 Å². The van der Waals surface area contributed by atoms with Gasteiger partial charge in [0.25, 0.3) is 10.0 Å². The van der Waals surface area contributed by atoms with Gasteiger partial charge in [-0.2, -0.15) is 9.19 Å². The zero-order chi connectivity index (χ0) is 11.1. The number of para-hydroxylation sites is 1. The minimum Gasteiger partial charge on any atom is -0.204 e. The Morgan fingerprint density at radius 3 is 2.60 bits per heavy atom. The van der Waals surface area contributed by atoms with Gasteiger partial charge in [-0.15, -0.1) is 0 Å². The van der Waals surface area contributed by atoms with Crippen LogP contribution in [0.3, 0.4) is 0 Å². The van der Waals surface area contributed by atoms with Gasteiger partial charge in [0.15, 0.2) is 0 Å². The highest BCUT2D eigenvalue weighted by Gasteiger charge is 2.21. The number of nitrogens with zero attached hydrogens (tertiary/aromatic N) is 2. The van der Waals surface area contributed by atoms with Gasteiger partial charge in [-0.1, -0.05) is 18.2 Å². The SMILES string of the molecule is CC(C)S(=O)(=O)n1ncc2ccccc21. The quantitative estimate of drug-likeness (QED) is 0.779. The van der Waals surface area contributed by atoms with Crippen molar-refractivity contribution in [3.8, 4) is 0 Å². The fourth-order valence-electron chi connectivity index (χ4n) is 1.35. The Labute approximate surface area is 88.6 Å². The second-order valence-electron chi connectivity index (χ2n) is 3.64. The van der Waals surface area contributed by atoms with Crippen molar-refractivity contribution in [3.05, 3.63) is 30.5 Å². The lowest BCUT2D eigenvalue weighted by molar-refractivity contribution is 0.573. The van der Waals surface area contributed by atoms with E-state index in [0.29, 0.717) is 5.52 Å². The predicted molar refractivity (Wildman–Crippen MR) is 59.2 cm³/mol. The van der Waals surface area contributed by atoms with Crippen LogP contribution in [0.15, 0.2) is 30.5 Å². The highest BCUT2D eigenvalue weighted by atomic mass is 32.2. The first-order valence-corrected chi connectivity index (χ1v) is 6.21. The van der Waals surface area contributed by atoms with Crippen LogP contribution in [0.1, 0.15) is 13.8 Å². The molecule has 1 heterocycles. The first-order chi connectivity index (χ1) is 7.03. The summed E-state index contributed by atoms with van der Waals surface area (Å²) in [6.07, 6.45) is 1.56. The Kier molecular flexibility index (Phi) is 2.26. The second kappa shape index (κ2) is 3.34. The minimum atomic E-state index is -3.35. The zero-order valence-corrected chi connectivity index (χ0v) is 9.40. The third-order valence-corrected chi connectivity index (χ3v) is 4.25. The Morgan fingerprint density at radius 2 is 1.93 bits per heavy atom. The van der Waals surface area contributed by atoms with Crippen molar-refractivity contribution in [2.24, 2.45) is 0 Å². The van der Waals surface area contributed by atoms with E-state index in [9.17, 15) is 8.42 Å². The van der Waals surface area contributed by atoms with Gasteiger partial charge in [0, 0.05) is 5.39 Å². The van der Waals surface area contributed by atoms with Crippen LogP contribution in [-0.2, 0) is 10.0 Å². The third-order valence-electron chi connectivity index (χ3n) is 2.28. The molecule has 0 bridgehead atoms. The van der Waals surface area contributed by atoms with E-state index in [2.05, 4.69) is 5.10 Å². The summed E-state index contributed by atoms with van der Waals surface area (Å²) in [6, 6.07) is 7.25. The average Bonchev–Trinajstić information content (AvgIpc) is 2.61. The number of aromatic nitrogens is 2. The van der Waals surface area contributed by atoms with E-state index in [1.807, 2.05) is 12.1 Å². The maximum absolute atomic E-state index is 11.9. The van der Waals surface area contributed by atoms with E-state index in [4.69, 9.17) is 0 Å². The van der Waals surface area contributed by atoms with Gasteiger partial charge in [-0.05, 0) is 19.9 Å². The first-order valence-electron chi connectivity index (χ1n) is 4.70. The molecule has 15 heavy (non-hydrogen) atoms. The molecule has 5 heteroatoms. The smallest absolute Gasteiger partial charge is 0.204 e. The molecule has 0 atom stereocenters. The number of hydrogen-bond acceptors (Lipinski definition) is 3. The van der Waals surface area contributed by atoms with Crippen LogP contribution >= 0.6 is 0 Å². The van der Waals surface area contributed by atoms with Gasteiger partial charge < -0.3 is 0 Å². The normalized spacial score (nSPS) is 12.5. The molecule has 0 fully saturated rings. The van der Waals surface area contributed by atoms with Gasteiger partial charge in [-0.3, -0.25) is 0 Å². The summed E-state index contributed by atoms with van der Waals surface area (Å²) in [7, 11) is -3.35. The number of hydrogen-bond donors (Lipinski definition) is 0. The first kappa shape index (κ1) is 10.2. The van der Waals surface area contributed by atoms with Crippen LogP contribution in [0.25, 0.3) is 10.9 Å². The van der Waals surface area contributed by atoms with Crippen molar-refractivity contribution in [3.63, 3.8) is 0 Å². The van der Waals surface area contributed by atoms with Crippen LogP contribution in [0, 0.1) is 0 Å². The summed E-state index contributed by atoms with van der Waals surface area (Å²) < 4.78 is 24.9. The molecule has 1 aromatic heterocycles. The summed E-state index contributed by atoms with van der Waals surface area (Å²) in [5, 5.41) is 4.28. The predicted octanol–water partition coefficient (Wildman–Crippen LogP) is 1.62. The second-order valence-corrected chi connectivity index (χ2v) is 5.96.